The molecule has 5 nitrogen and oxygen atoms in total. The minimum Gasteiger partial charge on any atom is -0.352 e. The number of aromatic nitrogens is 3. The zero-order valence-electron chi connectivity index (χ0n) is 17.2. The lowest BCUT2D eigenvalue weighted by atomic mass is 10.0. The highest BCUT2D eigenvalue weighted by atomic mass is 32.1. The molecule has 0 fully saturated rings. The van der Waals surface area contributed by atoms with E-state index in [1.54, 1.807) is 0 Å². The van der Waals surface area contributed by atoms with Crippen molar-refractivity contribution in [1.29, 1.82) is 0 Å². The Morgan fingerprint density at radius 1 is 1.21 bits per heavy atom. The molecule has 0 bridgehead atoms. The second-order valence-electron chi connectivity index (χ2n) is 7.83. The van der Waals surface area contributed by atoms with Crippen molar-refractivity contribution in [3.8, 4) is 0 Å². The zero-order chi connectivity index (χ0) is 20.2. The molecule has 1 amide bonds. The van der Waals surface area contributed by atoms with Crippen molar-refractivity contribution >= 4 is 17.2 Å². The maximum Gasteiger partial charge on any atom is 0.251 e. The molecule has 0 atom stereocenters. The summed E-state index contributed by atoms with van der Waals surface area (Å²) in [7, 11) is 0. The first-order chi connectivity index (χ1) is 14.1. The maximum absolute atomic E-state index is 12.5. The highest BCUT2D eigenvalue weighted by Crippen LogP contribution is 2.27. The van der Waals surface area contributed by atoms with Crippen LogP contribution in [0.3, 0.4) is 0 Å². The number of amides is 1. The number of hydrogen-bond acceptors (Lipinski definition) is 4. The van der Waals surface area contributed by atoms with Crippen LogP contribution < -0.4 is 5.32 Å². The third-order valence-electron chi connectivity index (χ3n) is 5.37. The molecule has 152 valence electrons. The summed E-state index contributed by atoms with van der Waals surface area (Å²) in [5.41, 5.74) is 5.24. The summed E-state index contributed by atoms with van der Waals surface area (Å²) in [6.45, 7) is 5.39. The summed E-state index contributed by atoms with van der Waals surface area (Å²) in [6, 6.07) is 9.87. The van der Waals surface area contributed by atoms with Gasteiger partial charge in [0.15, 0.2) is 0 Å². The van der Waals surface area contributed by atoms with Crippen molar-refractivity contribution in [2.75, 3.05) is 6.54 Å². The second-order valence-corrected chi connectivity index (χ2v) is 9.00. The monoisotopic (exact) mass is 408 g/mol. The van der Waals surface area contributed by atoms with Gasteiger partial charge >= 0.3 is 0 Å². The molecular formula is C23H28N4OS. The molecule has 1 aliphatic rings. The van der Waals surface area contributed by atoms with Gasteiger partial charge in [0.2, 0.25) is 0 Å². The Bertz CT molecular complexity index is 981. The number of thiazole rings is 1. The summed E-state index contributed by atoms with van der Waals surface area (Å²) in [5.74, 6) is -0.0151. The number of nitrogens with zero attached hydrogens (tertiary/aromatic N) is 3. The van der Waals surface area contributed by atoms with Crippen LogP contribution in [0.2, 0.25) is 0 Å². The van der Waals surface area contributed by atoms with Crippen molar-refractivity contribution in [3.05, 3.63) is 68.4 Å². The molecule has 4 rings (SSSR count). The summed E-state index contributed by atoms with van der Waals surface area (Å²) in [4.78, 5) is 18.8. The van der Waals surface area contributed by atoms with Crippen LogP contribution in [-0.2, 0) is 25.8 Å². The Kier molecular flexibility index (Phi) is 6.09. The van der Waals surface area contributed by atoms with Gasteiger partial charge in [0, 0.05) is 29.1 Å². The maximum atomic E-state index is 12.5. The largest absolute Gasteiger partial charge is 0.352 e. The van der Waals surface area contributed by atoms with E-state index in [4.69, 9.17) is 4.98 Å². The molecule has 1 aliphatic carbocycles. The van der Waals surface area contributed by atoms with Crippen LogP contribution >= 0.6 is 11.3 Å². The number of carbonyl (C=O) groups excluding carboxylic acids is 1. The number of carbonyl (C=O) groups is 1. The molecular weight excluding hydrogens is 380 g/mol. The third kappa shape index (κ3) is 4.93. The van der Waals surface area contributed by atoms with Crippen molar-refractivity contribution in [2.24, 2.45) is 0 Å². The first-order valence-electron chi connectivity index (χ1n) is 10.4. The molecule has 0 saturated heterocycles. The zero-order valence-corrected chi connectivity index (χ0v) is 18.0. The molecule has 1 N–H and O–H groups in total. The van der Waals surface area contributed by atoms with Gasteiger partial charge < -0.3 is 5.32 Å². The Balaban J connectivity index is 1.28. The highest BCUT2D eigenvalue weighted by Gasteiger charge is 2.15. The quantitative estimate of drug-likeness (QED) is 0.595. The number of rotatable bonds is 7. The molecule has 1 aromatic carbocycles. The van der Waals surface area contributed by atoms with Crippen LogP contribution in [0.1, 0.15) is 62.2 Å². The van der Waals surface area contributed by atoms with Crippen LogP contribution in [0.15, 0.2) is 30.3 Å². The van der Waals surface area contributed by atoms with Gasteiger partial charge in [-0.05, 0) is 69.7 Å². The standard InChI is InChI=1S/C23H28N4OS/c1-16-13-17(2)27(26-16)15-18-7-5-8-19(14-18)23(28)24-12-6-11-22-25-20-9-3-4-10-21(20)29-22/h5,7-8,13-14H,3-4,6,9-12,15H2,1-2H3,(H,24,28). The van der Waals surface area contributed by atoms with E-state index in [-0.39, 0.29) is 5.91 Å². The fraction of sp³-hybridized carbons (Fsp3) is 0.435. The van der Waals surface area contributed by atoms with Crippen LogP contribution in [0.25, 0.3) is 0 Å². The van der Waals surface area contributed by atoms with Gasteiger partial charge in [-0.2, -0.15) is 5.10 Å². The summed E-state index contributed by atoms with van der Waals surface area (Å²) < 4.78 is 1.97. The molecule has 0 spiro atoms. The minimum atomic E-state index is -0.0151. The SMILES string of the molecule is Cc1cc(C)n(Cc2cccc(C(=O)NCCCc3nc4c(s3)CCCC4)c2)n1. The predicted octanol–water partition coefficient (Wildman–Crippen LogP) is 4.25. The number of fused-ring (bicyclic) bond motifs is 1. The molecule has 0 aliphatic heterocycles. The number of hydrogen-bond donors (Lipinski definition) is 1. The Morgan fingerprint density at radius 3 is 2.86 bits per heavy atom. The minimum absolute atomic E-state index is 0.0151. The lowest BCUT2D eigenvalue weighted by Gasteiger charge is -2.08. The number of aryl methyl sites for hydroxylation is 5. The Morgan fingerprint density at radius 2 is 2.07 bits per heavy atom. The van der Waals surface area contributed by atoms with Gasteiger partial charge in [-0.3, -0.25) is 9.48 Å². The molecule has 29 heavy (non-hydrogen) atoms. The fourth-order valence-electron chi connectivity index (χ4n) is 3.87. The van der Waals surface area contributed by atoms with Crippen molar-refractivity contribution in [1.82, 2.24) is 20.1 Å². The topological polar surface area (TPSA) is 59.8 Å². The molecule has 6 heteroatoms. The van der Waals surface area contributed by atoms with Gasteiger partial charge in [-0.25, -0.2) is 4.98 Å². The van der Waals surface area contributed by atoms with E-state index >= 15 is 0 Å². The van der Waals surface area contributed by atoms with Crippen LogP contribution in [0.5, 0.6) is 0 Å². The van der Waals surface area contributed by atoms with E-state index in [1.807, 2.05) is 47.2 Å². The van der Waals surface area contributed by atoms with E-state index in [9.17, 15) is 4.79 Å². The average molecular weight is 409 g/mol. The predicted molar refractivity (Wildman–Crippen MR) is 117 cm³/mol. The first kappa shape index (κ1) is 19.8. The van der Waals surface area contributed by atoms with E-state index < -0.39 is 0 Å². The highest BCUT2D eigenvalue weighted by molar-refractivity contribution is 7.11. The lowest BCUT2D eigenvalue weighted by molar-refractivity contribution is 0.0953. The second kappa shape index (κ2) is 8.91. The lowest BCUT2D eigenvalue weighted by Crippen LogP contribution is -2.25. The molecule has 0 radical (unpaired) electrons. The van der Waals surface area contributed by atoms with Gasteiger partial charge in [0.1, 0.15) is 0 Å². The van der Waals surface area contributed by atoms with Crippen LogP contribution in [0.4, 0.5) is 0 Å². The molecule has 0 saturated carbocycles. The summed E-state index contributed by atoms with van der Waals surface area (Å²) in [6.07, 6.45) is 6.75. The van der Waals surface area contributed by atoms with Gasteiger partial charge in [-0.1, -0.05) is 12.1 Å². The van der Waals surface area contributed by atoms with E-state index in [0.29, 0.717) is 18.7 Å². The first-order valence-corrected chi connectivity index (χ1v) is 11.3. The average Bonchev–Trinajstić information content (AvgIpc) is 3.27. The Hall–Kier alpha value is -2.47. The number of nitrogens with one attached hydrogen (secondary N) is 1. The van der Waals surface area contributed by atoms with E-state index in [0.717, 1.165) is 36.2 Å². The van der Waals surface area contributed by atoms with Crippen molar-refractivity contribution in [2.45, 2.75) is 58.9 Å². The van der Waals surface area contributed by atoms with Gasteiger partial charge in [0.05, 0.1) is 22.9 Å². The van der Waals surface area contributed by atoms with Crippen molar-refractivity contribution in [3.63, 3.8) is 0 Å². The van der Waals surface area contributed by atoms with Crippen LogP contribution in [0, 0.1) is 13.8 Å². The van der Waals surface area contributed by atoms with E-state index in [2.05, 4.69) is 23.4 Å². The Labute approximate surface area is 176 Å². The molecule has 2 aromatic heterocycles. The third-order valence-corrected chi connectivity index (χ3v) is 6.58. The smallest absolute Gasteiger partial charge is 0.251 e. The van der Waals surface area contributed by atoms with Crippen LogP contribution in [-0.4, -0.2) is 27.2 Å². The van der Waals surface area contributed by atoms with E-state index in [1.165, 1.54) is 34.8 Å². The molecule has 2 heterocycles. The number of benzene rings is 1. The fourth-order valence-corrected chi connectivity index (χ4v) is 5.07. The molecule has 0 unspecified atom stereocenters. The summed E-state index contributed by atoms with van der Waals surface area (Å²) in [5, 5.41) is 8.78. The molecule has 3 aromatic rings. The van der Waals surface area contributed by atoms with Gasteiger partial charge in [-0.15, -0.1) is 11.3 Å². The van der Waals surface area contributed by atoms with Gasteiger partial charge in [0.25, 0.3) is 5.91 Å². The van der Waals surface area contributed by atoms with Crippen molar-refractivity contribution < 1.29 is 4.79 Å². The summed E-state index contributed by atoms with van der Waals surface area (Å²) >= 11 is 1.86. The normalized spacial score (nSPS) is 13.3.